The highest BCUT2D eigenvalue weighted by Gasteiger charge is 2.37. The van der Waals surface area contributed by atoms with Crippen LogP contribution in [0, 0.1) is 11.2 Å². The molecule has 3 aliphatic heterocycles. The Balaban J connectivity index is 1.05. The van der Waals surface area contributed by atoms with Crippen LogP contribution < -0.4 is 15.8 Å². The van der Waals surface area contributed by atoms with Crippen molar-refractivity contribution in [3.05, 3.63) is 93.0 Å². The Hall–Kier alpha value is -4.32. The summed E-state index contributed by atoms with van der Waals surface area (Å²) in [7, 11) is 1.64. The van der Waals surface area contributed by atoms with Gasteiger partial charge in [0.25, 0.3) is 11.5 Å². The summed E-state index contributed by atoms with van der Waals surface area (Å²) < 4.78 is 24.3. The third-order valence-corrected chi connectivity index (χ3v) is 10.9. The van der Waals surface area contributed by atoms with E-state index in [-0.39, 0.29) is 22.6 Å². The molecule has 2 saturated heterocycles. The van der Waals surface area contributed by atoms with Crippen molar-refractivity contribution in [1.82, 2.24) is 19.0 Å². The zero-order valence-electron chi connectivity index (χ0n) is 28.3. The van der Waals surface area contributed by atoms with Gasteiger partial charge in [0.1, 0.15) is 23.0 Å². The van der Waals surface area contributed by atoms with E-state index in [9.17, 15) is 14.7 Å². The number of nitrogens with one attached hydrogen (secondary N) is 1. The lowest BCUT2D eigenvalue weighted by Crippen LogP contribution is -2.51. The number of nitrogens with zero attached hydrogens (tertiary/aromatic N) is 5. The molecule has 1 amide bonds. The molecule has 0 saturated carbocycles. The number of aromatic nitrogens is 3. The van der Waals surface area contributed by atoms with Gasteiger partial charge in [-0.2, -0.15) is 0 Å². The summed E-state index contributed by atoms with van der Waals surface area (Å²) in [5, 5.41) is 13.8. The highest BCUT2D eigenvalue weighted by molar-refractivity contribution is 6.07. The molecule has 0 radical (unpaired) electrons. The van der Waals surface area contributed by atoms with Crippen molar-refractivity contribution in [2.45, 2.75) is 64.6 Å². The summed E-state index contributed by atoms with van der Waals surface area (Å²) in [6.07, 6.45) is 7.49. The van der Waals surface area contributed by atoms with Gasteiger partial charge in [0.2, 0.25) is 0 Å². The fraction of sp³-hybridized carbons (Fsp3) is 0.447. The molecule has 2 fully saturated rings. The van der Waals surface area contributed by atoms with Crippen molar-refractivity contribution >= 4 is 23.1 Å². The van der Waals surface area contributed by atoms with Crippen LogP contribution in [-0.4, -0.2) is 68.9 Å². The Morgan fingerprint density at radius 3 is 2.53 bits per heavy atom. The first-order valence-corrected chi connectivity index (χ1v) is 17.3. The zero-order chi connectivity index (χ0) is 34.0. The van der Waals surface area contributed by atoms with E-state index in [1.807, 2.05) is 18.3 Å². The standard InChI is InChI=1S/C38H43FN6O4/c1-38(2)16-25-13-33-37(48)45(11-10-44(33)34(25)17-38)32-15-27(39)14-29(30(32)20-46)26-12-31(36(47)42(3)19-26)41-35-5-4-24(18-40-35)23-6-8-43(9-7-23)28-21-49-22-28/h4-5,12-15,18-19,23,28,46H,6-11,16-17,20-22H2,1-3H3,(H,40,41). The van der Waals surface area contributed by atoms with E-state index in [1.165, 1.54) is 33.5 Å². The van der Waals surface area contributed by atoms with Gasteiger partial charge in [-0.25, -0.2) is 9.37 Å². The van der Waals surface area contributed by atoms with Gasteiger partial charge in [-0.05, 0) is 97.1 Å². The molecular weight excluding hydrogens is 623 g/mol. The molecule has 10 nitrogen and oxygen atoms in total. The van der Waals surface area contributed by atoms with Gasteiger partial charge < -0.3 is 29.2 Å². The van der Waals surface area contributed by atoms with Crippen molar-refractivity contribution in [2.75, 3.05) is 43.1 Å². The van der Waals surface area contributed by atoms with Gasteiger partial charge in [0.15, 0.2) is 0 Å². The molecule has 0 atom stereocenters. The van der Waals surface area contributed by atoms with E-state index in [1.54, 1.807) is 24.2 Å². The largest absolute Gasteiger partial charge is 0.392 e. The number of halogens is 1. The number of aryl methyl sites for hydroxylation is 1. The second-order valence-corrected chi connectivity index (χ2v) is 14.9. The molecule has 0 bridgehead atoms. The third-order valence-electron chi connectivity index (χ3n) is 10.9. The van der Waals surface area contributed by atoms with Gasteiger partial charge >= 0.3 is 0 Å². The second kappa shape index (κ2) is 12.2. The molecule has 2 N–H and O–H groups in total. The van der Waals surface area contributed by atoms with Crippen LogP contribution in [0.25, 0.3) is 11.1 Å². The Labute approximate surface area is 285 Å². The SMILES string of the molecule is Cn1cc(-c2cc(F)cc(N3CCn4c(cc5c4CC(C)(C)C5)C3=O)c2CO)cc(Nc2ccc(C3CCN(C4COC4)CC3)cn2)c1=O. The van der Waals surface area contributed by atoms with Gasteiger partial charge in [-0.15, -0.1) is 0 Å². The molecule has 0 spiro atoms. The highest BCUT2D eigenvalue weighted by Crippen LogP contribution is 2.41. The molecule has 1 aromatic carbocycles. The number of pyridine rings is 2. The number of aliphatic hydroxyl groups excluding tert-OH is 1. The summed E-state index contributed by atoms with van der Waals surface area (Å²) in [6, 6.07) is 10.8. The summed E-state index contributed by atoms with van der Waals surface area (Å²) in [5.74, 6) is 0.230. The summed E-state index contributed by atoms with van der Waals surface area (Å²) in [6.45, 7) is 8.80. The number of carbonyl (C=O) groups is 1. The lowest BCUT2D eigenvalue weighted by Gasteiger charge is -2.41. The number of fused-ring (bicyclic) bond motifs is 3. The van der Waals surface area contributed by atoms with Gasteiger partial charge in [0, 0.05) is 49.4 Å². The molecule has 3 aromatic heterocycles. The number of piperidine rings is 1. The Morgan fingerprint density at radius 1 is 1.04 bits per heavy atom. The van der Waals surface area contributed by atoms with Gasteiger partial charge in [0.05, 0.1) is 31.5 Å². The first kappa shape index (κ1) is 31.9. The number of likely N-dealkylation sites (tertiary alicyclic amines) is 1. The molecule has 1 aliphatic carbocycles. The first-order valence-electron chi connectivity index (χ1n) is 17.3. The van der Waals surface area contributed by atoms with E-state index < -0.39 is 12.4 Å². The van der Waals surface area contributed by atoms with Gasteiger partial charge in [-0.1, -0.05) is 19.9 Å². The van der Waals surface area contributed by atoms with Crippen molar-refractivity contribution in [1.29, 1.82) is 0 Å². The second-order valence-electron chi connectivity index (χ2n) is 14.9. The maximum absolute atomic E-state index is 15.4. The average Bonchev–Trinajstić information content (AvgIpc) is 3.55. The predicted octanol–water partition coefficient (Wildman–Crippen LogP) is 4.99. The number of amides is 1. The highest BCUT2D eigenvalue weighted by atomic mass is 19.1. The maximum Gasteiger partial charge on any atom is 0.274 e. The normalized spacial score (nSPS) is 19.5. The van der Waals surface area contributed by atoms with Crippen LogP contribution in [0.4, 0.5) is 21.6 Å². The van der Waals surface area contributed by atoms with Crippen molar-refractivity contribution in [2.24, 2.45) is 12.5 Å². The summed E-state index contributed by atoms with van der Waals surface area (Å²) in [5.41, 5.74) is 6.07. The third kappa shape index (κ3) is 5.77. The molecule has 256 valence electrons. The van der Waals surface area contributed by atoms with Crippen LogP contribution in [0.15, 0.2) is 53.6 Å². The number of aliphatic hydroxyl groups is 1. The van der Waals surface area contributed by atoms with Crippen LogP contribution in [0.1, 0.15) is 65.5 Å². The van der Waals surface area contributed by atoms with E-state index in [2.05, 4.69) is 39.7 Å². The van der Waals surface area contributed by atoms with Crippen molar-refractivity contribution in [3.8, 4) is 11.1 Å². The Morgan fingerprint density at radius 2 is 1.84 bits per heavy atom. The molecule has 4 aromatic rings. The number of hydrogen-bond donors (Lipinski definition) is 2. The van der Waals surface area contributed by atoms with E-state index >= 15 is 4.39 Å². The average molecular weight is 667 g/mol. The fourth-order valence-electron chi connectivity index (χ4n) is 8.27. The van der Waals surface area contributed by atoms with E-state index in [0.717, 1.165) is 52.0 Å². The minimum Gasteiger partial charge on any atom is -0.392 e. The monoisotopic (exact) mass is 666 g/mol. The molecule has 6 heterocycles. The van der Waals surface area contributed by atoms with Crippen LogP contribution in [0.3, 0.4) is 0 Å². The lowest BCUT2D eigenvalue weighted by molar-refractivity contribution is -0.0712. The van der Waals surface area contributed by atoms with Crippen LogP contribution in [-0.2, 0) is 37.8 Å². The molecule has 49 heavy (non-hydrogen) atoms. The van der Waals surface area contributed by atoms with Crippen LogP contribution >= 0.6 is 0 Å². The van der Waals surface area contributed by atoms with Crippen LogP contribution in [0.2, 0.25) is 0 Å². The Kier molecular flexibility index (Phi) is 7.96. The Bertz CT molecular complexity index is 1990. The molecule has 11 heteroatoms. The van der Waals surface area contributed by atoms with E-state index in [4.69, 9.17) is 4.74 Å². The summed E-state index contributed by atoms with van der Waals surface area (Å²) in [4.78, 5) is 35.9. The van der Waals surface area contributed by atoms with Crippen LogP contribution in [0.5, 0.6) is 0 Å². The number of benzene rings is 1. The lowest BCUT2D eigenvalue weighted by atomic mass is 9.89. The smallest absolute Gasteiger partial charge is 0.274 e. The van der Waals surface area contributed by atoms with E-state index in [0.29, 0.717) is 58.9 Å². The first-order chi connectivity index (χ1) is 23.6. The molecule has 4 aliphatic rings. The number of ether oxygens (including phenoxy) is 1. The topological polar surface area (TPSA) is 105 Å². The molecule has 0 unspecified atom stereocenters. The number of anilines is 3. The number of carbonyl (C=O) groups excluding carboxylic acids is 1. The number of rotatable bonds is 7. The predicted molar refractivity (Wildman–Crippen MR) is 186 cm³/mol. The fourth-order valence-corrected chi connectivity index (χ4v) is 8.27. The molecular formula is C38H43FN6O4. The minimum atomic E-state index is -0.535. The molecule has 8 rings (SSSR count). The zero-order valence-corrected chi connectivity index (χ0v) is 28.3. The minimum absolute atomic E-state index is 0.167. The summed E-state index contributed by atoms with van der Waals surface area (Å²) >= 11 is 0. The number of hydrogen-bond acceptors (Lipinski definition) is 7. The van der Waals surface area contributed by atoms with Gasteiger partial charge in [-0.3, -0.25) is 14.5 Å². The maximum atomic E-state index is 15.4. The van der Waals surface area contributed by atoms with Crippen molar-refractivity contribution < 1.29 is 19.0 Å². The quantitative estimate of drug-likeness (QED) is 0.287. The van der Waals surface area contributed by atoms with Crippen molar-refractivity contribution in [3.63, 3.8) is 0 Å².